The van der Waals surface area contributed by atoms with E-state index in [0.29, 0.717) is 0 Å². The third-order valence-electron chi connectivity index (χ3n) is 4.31. The first-order chi connectivity index (χ1) is 9.84. The van der Waals surface area contributed by atoms with Gasteiger partial charge in [0.25, 0.3) is 12.0 Å². The first-order valence-corrected chi connectivity index (χ1v) is 6.76. The Hall–Kier alpha value is -2.62. The SMILES string of the molecule is Cn1c2cnccc2n2c[n+]3c(c12)-c1ccccc1C3. The van der Waals surface area contributed by atoms with Crippen molar-refractivity contribution in [3.8, 4) is 11.3 Å². The summed E-state index contributed by atoms with van der Waals surface area (Å²) < 4.78 is 6.83. The van der Waals surface area contributed by atoms with E-state index < -0.39 is 0 Å². The number of hydrogen-bond acceptors (Lipinski definition) is 1. The Labute approximate surface area is 115 Å². The molecule has 0 saturated heterocycles. The molecular formula is C16H13N4+. The van der Waals surface area contributed by atoms with Gasteiger partial charge in [-0.1, -0.05) is 24.3 Å². The fourth-order valence-electron chi connectivity index (χ4n) is 3.41. The van der Waals surface area contributed by atoms with E-state index in [1.807, 2.05) is 12.4 Å². The van der Waals surface area contributed by atoms with E-state index >= 15 is 0 Å². The Bertz CT molecular complexity index is 990. The zero-order chi connectivity index (χ0) is 13.3. The summed E-state index contributed by atoms with van der Waals surface area (Å²) in [5.41, 5.74) is 7.65. The topological polar surface area (TPSA) is 26.1 Å². The Morgan fingerprint density at radius 1 is 1.15 bits per heavy atom. The average molecular weight is 261 g/mol. The molecule has 4 heteroatoms. The largest absolute Gasteiger partial charge is 0.303 e. The second-order valence-electron chi connectivity index (χ2n) is 5.37. The van der Waals surface area contributed by atoms with Crippen LogP contribution in [0.25, 0.3) is 27.9 Å². The second-order valence-corrected chi connectivity index (χ2v) is 5.37. The fraction of sp³-hybridized carbons (Fsp3) is 0.125. The smallest absolute Gasteiger partial charge is 0.255 e. The lowest BCUT2D eigenvalue weighted by atomic mass is 10.1. The lowest BCUT2D eigenvalue weighted by Crippen LogP contribution is -2.29. The number of pyridine rings is 1. The number of nitrogens with zero attached hydrogens (tertiary/aromatic N) is 4. The van der Waals surface area contributed by atoms with Gasteiger partial charge in [-0.2, -0.15) is 4.40 Å². The van der Waals surface area contributed by atoms with Crippen molar-refractivity contribution in [1.29, 1.82) is 0 Å². The van der Waals surface area contributed by atoms with Gasteiger partial charge in [0.15, 0.2) is 5.52 Å². The summed E-state index contributed by atoms with van der Waals surface area (Å²) in [5, 5.41) is 0. The summed E-state index contributed by atoms with van der Waals surface area (Å²) >= 11 is 0. The van der Waals surface area contributed by atoms with Crippen LogP contribution in [0.3, 0.4) is 0 Å². The van der Waals surface area contributed by atoms with Gasteiger partial charge in [0.2, 0.25) is 5.69 Å². The number of imidazole rings is 2. The summed E-state index contributed by atoms with van der Waals surface area (Å²) in [6.07, 6.45) is 5.98. The van der Waals surface area contributed by atoms with Crippen LogP contribution >= 0.6 is 0 Å². The zero-order valence-electron chi connectivity index (χ0n) is 11.1. The molecule has 4 heterocycles. The Balaban J connectivity index is 2.01. The predicted octanol–water partition coefficient (Wildman–Crippen LogP) is 2.14. The van der Waals surface area contributed by atoms with Gasteiger partial charge >= 0.3 is 0 Å². The molecule has 1 aromatic carbocycles. The first-order valence-electron chi connectivity index (χ1n) is 6.76. The minimum Gasteiger partial charge on any atom is -0.303 e. The van der Waals surface area contributed by atoms with Crippen LogP contribution in [0.15, 0.2) is 49.1 Å². The van der Waals surface area contributed by atoms with Gasteiger partial charge in [0.1, 0.15) is 12.1 Å². The molecule has 0 radical (unpaired) electrons. The molecule has 0 atom stereocenters. The molecule has 0 fully saturated rings. The highest BCUT2D eigenvalue weighted by Crippen LogP contribution is 2.32. The second kappa shape index (κ2) is 3.28. The molecular weight excluding hydrogens is 248 g/mol. The molecule has 0 amide bonds. The number of benzene rings is 1. The Morgan fingerprint density at radius 2 is 2.05 bits per heavy atom. The number of rotatable bonds is 0. The Morgan fingerprint density at radius 3 is 3.00 bits per heavy atom. The molecule has 5 rings (SSSR count). The highest BCUT2D eigenvalue weighted by molar-refractivity contribution is 5.87. The molecule has 96 valence electrons. The van der Waals surface area contributed by atoms with Crippen molar-refractivity contribution in [2.45, 2.75) is 6.54 Å². The number of fused-ring (bicyclic) bond motifs is 7. The summed E-state index contributed by atoms with van der Waals surface area (Å²) in [6.45, 7) is 0.958. The summed E-state index contributed by atoms with van der Waals surface area (Å²) in [6, 6.07) is 10.7. The van der Waals surface area contributed by atoms with Gasteiger partial charge in [-0.25, -0.2) is 4.57 Å². The van der Waals surface area contributed by atoms with Crippen LogP contribution in [-0.2, 0) is 13.6 Å². The number of aryl methyl sites for hydroxylation is 1. The fourth-order valence-corrected chi connectivity index (χ4v) is 3.41. The van der Waals surface area contributed by atoms with E-state index in [0.717, 1.165) is 12.1 Å². The lowest BCUT2D eigenvalue weighted by Gasteiger charge is -1.95. The van der Waals surface area contributed by atoms with Crippen LogP contribution in [0.4, 0.5) is 0 Å². The molecule has 0 aliphatic carbocycles. The van der Waals surface area contributed by atoms with Crippen molar-refractivity contribution >= 4 is 16.7 Å². The maximum atomic E-state index is 4.25. The van der Waals surface area contributed by atoms with Gasteiger partial charge in [-0.05, 0) is 0 Å². The van der Waals surface area contributed by atoms with Crippen LogP contribution in [0.1, 0.15) is 5.56 Å². The maximum absolute atomic E-state index is 4.25. The van der Waals surface area contributed by atoms with E-state index in [9.17, 15) is 0 Å². The van der Waals surface area contributed by atoms with E-state index in [1.165, 1.54) is 28.0 Å². The summed E-state index contributed by atoms with van der Waals surface area (Å²) in [7, 11) is 2.11. The van der Waals surface area contributed by atoms with Crippen molar-refractivity contribution < 1.29 is 4.57 Å². The quantitative estimate of drug-likeness (QED) is 0.392. The summed E-state index contributed by atoms with van der Waals surface area (Å²) in [4.78, 5) is 4.25. The molecule has 4 nitrogen and oxygen atoms in total. The van der Waals surface area contributed by atoms with Crippen LogP contribution in [0.2, 0.25) is 0 Å². The van der Waals surface area contributed by atoms with Crippen molar-refractivity contribution in [2.24, 2.45) is 7.05 Å². The highest BCUT2D eigenvalue weighted by Gasteiger charge is 2.31. The van der Waals surface area contributed by atoms with Crippen molar-refractivity contribution in [2.75, 3.05) is 0 Å². The third kappa shape index (κ3) is 1.04. The molecule has 0 N–H and O–H groups in total. The molecule has 1 aliphatic heterocycles. The molecule has 3 aromatic heterocycles. The van der Waals surface area contributed by atoms with E-state index in [4.69, 9.17) is 0 Å². The number of aromatic nitrogens is 4. The Kier molecular flexibility index (Phi) is 1.67. The third-order valence-corrected chi connectivity index (χ3v) is 4.31. The van der Waals surface area contributed by atoms with Crippen molar-refractivity contribution in [3.63, 3.8) is 0 Å². The maximum Gasteiger partial charge on any atom is 0.255 e. The standard InChI is InChI=1S/C16H13N4/c1-18-14-8-17-7-6-13(14)20-10-19-9-11-4-2-3-5-12(11)15(19)16(18)20/h2-8,10H,9H2,1H3/q+1. The van der Waals surface area contributed by atoms with Gasteiger partial charge < -0.3 is 4.57 Å². The van der Waals surface area contributed by atoms with Crippen molar-refractivity contribution in [3.05, 3.63) is 54.6 Å². The van der Waals surface area contributed by atoms with Crippen molar-refractivity contribution in [1.82, 2.24) is 14.0 Å². The van der Waals surface area contributed by atoms with Crippen LogP contribution in [-0.4, -0.2) is 14.0 Å². The normalized spacial score (nSPS) is 13.1. The highest BCUT2D eigenvalue weighted by atomic mass is 15.2. The molecule has 0 bridgehead atoms. The molecule has 0 unspecified atom stereocenters. The zero-order valence-corrected chi connectivity index (χ0v) is 11.1. The average Bonchev–Trinajstić information content (AvgIpc) is 3.08. The first kappa shape index (κ1) is 10.2. The summed E-state index contributed by atoms with van der Waals surface area (Å²) in [5.74, 6) is 0. The van der Waals surface area contributed by atoms with E-state index in [2.05, 4.69) is 62.2 Å². The van der Waals surface area contributed by atoms with Gasteiger partial charge in [-0.15, -0.1) is 0 Å². The van der Waals surface area contributed by atoms with Gasteiger partial charge in [0, 0.05) is 30.4 Å². The molecule has 20 heavy (non-hydrogen) atoms. The van der Waals surface area contributed by atoms with Gasteiger partial charge in [0.05, 0.1) is 6.20 Å². The van der Waals surface area contributed by atoms with Crippen LogP contribution in [0, 0.1) is 0 Å². The monoisotopic (exact) mass is 261 g/mol. The molecule has 4 aromatic rings. The minimum atomic E-state index is 0.958. The van der Waals surface area contributed by atoms with Crippen LogP contribution in [0.5, 0.6) is 0 Å². The molecule has 1 aliphatic rings. The van der Waals surface area contributed by atoms with E-state index in [-0.39, 0.29) is 0 Å². The number of hydrogen-bond donors (Lipinski definition) is 0. The molecule has 0 spiro atoms. The van der Waals surface area contributed by atoms with Gasteiger partial charge in [-0.3, -0.25) is 4.98 Å². The molecule has 0 saturated carbocycles. The van der Waals surface area contributed by atoms with E-state index in [1.54, 1.807) is 0 Å². The van der Waals surface area contributed by atoms with Crippen LogP contribution < -0.4 is 4.57 Å². The minimum absolute atomic E-state index is 0.958. The predicted molar refractivity (Wildman–Crippen MR) is 76.4 cm³/mol. The lowest BCUT2D eigenvalue weighted by molar-refractivity contribution is -0.671.